The zero-order chi connectivity index (χ0) is 13.6. The van der Waals surface area contributed by atoms with E-state index in [9.17, 15) is 9.50 Å². The molecule has 0 fully saturated rings. The van der Waals surface area contributed by atoms with Crippen molar-refractivity contribution < 1.29 is 9.50 Å². The molecule has 2 N–H and O–H groups in total. The third-order valence-corrected chi connectivity index (χ3v) is 4.57. The van der Waals surface area contributed by atoms with Gasteiger partial charge in [0, 0.05) is 25.1 Å². The zero-order valence-corrected chi connectivity index (χ0v) is 12.6. The lowest BCUT2D eigenvalue weighted by Gasteiger charge is -2.29. The van der Waals surface area contributed by atoms with E-state index in [1.54, 1.807) is 6.07 Å². The third kappa shape index (κ3) is 3.77. The topological polar surface area (TPSA) is 32.3 Å². The summed E-state index contributed by atoms with van der Waals surface area (Å²) in [4.78, 5) is 0. The van der Waals surface area contributed by atoms with Crippen LogP contribution in [-0.4, -0.2) is 18.3 Å². The largest absolute Gasteiger partial charge is 0.396 e. The summed E-state index contributed by atoms with van der Waals surface area (Å²) in [5.74, 6) is -0.242. The second-order valence-corrected chi connectivity index (χ2v) is 5.47. The van der Waals surface area contributed by atoms with Gasteiger partial charge >= 0.3 is 0 Å². The fourth-order valence-corrected chi connectivity index (χ4v) is 2.33. The fraction of sp³-hybridized carbons (Fsp3) is 0.571. The maximum Gasteiger partial charge on any atom is 0.137 e. The van der Waals surface area contributed by atoms with Crippen molar-refractivity contribution in [2.45, 2.75) is 33.2 Å². The second-order valence-electron chi connectivity index (χ2n) is 4.68. The van der Waals surface area contributed by atoms with E-state index in [1.165, 1.54) is 6.07 Å². The van der Waals surface area contributed by atoms with Crippen LogP contribution in [0.4, 0.5) is 4.39 Å². The Kier molecular flexibility index (Phi) is 6.26. The maximum atomic E-state index is 13.3. The minimum Gasteiger partial charge on any atom is -0.396 e. The molecule has 0 aliphatic carbocycles. The van der Waals surface area contributed by atoms with Gasteiger partial charge in [-0.1, -0.05) is 26.0 Å². The fourth-order valence-electron chi connectivity index (χ4n) is 1.93. The Bertz CT molecular complexity index is 372. The van der Waals surface area contributed by atoms with Gasteiger partial charge in [0.15, 0.2) is 0 Å². The van der Waals surface area contributed by atoms with Crippen LogP contribution in [-0.2, 0) is 6.54 Å². The smallest absolute Gasteiger partial charge is 0.137 e. The molecule has 0 spiro atoms. The first-order valence-corrected chi connectivity index (χ1v) is 7.12. The summed E-state index contributed by atoms with van der Waals surface area (Å²) < 4.78 is 13.8. The number of aliphatic hydroxyl groups excluding tert-OH is 1. The predicted octanol–water partition coefficient (Wildman–Crippen LogP) is 3.48. The highest BCUT2D eigenvalue weighted by Gasteiger charge is 2.24. The molecule has 0 saturated heterocycles. The molecule has 1 aromatic rings. The molecule has 0 saturated carbocycles. The van der Waals surface area contributed by atoms with Gasteiger partial charge in [0.1, 0.15) is 5.82 Å². The summed E-state index contributed by atoms with van der Waals surface area (Å²) >= 11 is 3.25. The highest BCUT2D eigenvalue weighted by Crippen LogP contribution is 2.25. The Balaban J connectivity index is 2.58. The Morgan fingerprint density at radius 1 is 1.33 bits per heavy atom. The quantitative estimate of drug-likeness (QED) is 0.807. The molecule has 102 valence electrons. The average Bonchev–Trinajstić information content (AvgIpc) is 2.40. The van der Waals surface area contributed by atoms with Gasteiger partial charge in [-0.05, 0) is 40.4 Å². The molecule has 0 unspecified atom stereocenters. The number of hydrogen-bond donors (Lipinski definition) is 2. The lowest BCUT2D eigenvalue weighted by molar-refractivity contribution is 0.113. The van der Waals surface area contributed by atoms with Crippen LogP contribution in [0, 0.1) is 11.2 Å². The Morgan fingerprint density at radius 2 is 2.00 bits per heavy atom. The highest BCUT2D eigenvalue weighted by atomic mass is 79.9. The Labute approximate surface area is 117 Å². The van der Waals surface area contributed by atoms with Gasteiger partial charge in [0.25, 0.3) is 0 Å². The van der Waals surface area contributed by atoms with Crippen LogP contribution >= 0.6 is 15.9 Å². The molecule has 0 bridgehead atoms. The van der Waals surface area contributed by atoms with E-state index in [0.29, 0.717) is 11.0 Å². The van der Waals surface area contributed by atoms with E-state index >= 15 is 0 Å². The minimum atomic E-state index is -0.242. The molecule has 0 atom stereocenters. The second kappa shape index (κ2) is 7.22. The Morgan fingerprint density at radius 3 is 2.56 bits per heavy atom. The van der Waals surface area contributed by atoms with E-state index in [2.05, 4.69) is 35.1 Å². The van der Waals surface area contributed by atoms with Crippen molar-refractivity contribution in [3.8, 4) is 0 Å². The molecule has 0 aliphatic rings. The first kappa shape index (κ1) is 15.6. The predicted molar refractivity (Wildman–Crippen MR) is 75.9 cm³/mol. The molecule has 0 heterocycles. The summed E-state index contributed by atoms with van der Waals surface area (Å²) in [6, 6.07) is 5.03. The van der Waals surface area contributed by atoms with Crippen molar-refractivity contribution in [2.24, 2.45) is 5.41 Å². The van der Waals surface area contributed by atoms with Crippen LogP contribution in [0.1, 0.15) is 32.3 Å². The standard InChI is InChI=1S/C14H21BrFNO/c1-3-14(4-2,10-18)9-17-8-11-6-5-7-12(16)13(11)15/h5-7,17-18H,3-4,8-10H2,1-2H3. The van der Waals surface area contributed by atoms with E-state index < -0.39 is 0 Å². The number of halogens is 2. The summed E-state index contributed by atoms with van der Waals surface area (Å²) in [5.41, 5.74) is 0.828. The van der Waals surface area contributed by atoms with Crippen LogP contribution in [0.2, 0.25) is 0 Å². The lowest BCUT2D eigenvalue weighted by Crippen LogP contribution is -2.36. The van der Waals surface area contributed by atoms with Crippen LogP contribution in [0.25, 0.3) is 0 Å². The minimum absolute atomic E-state index is 0.0696. The highest BCUT2D eigenvalue weighted by molar-refractivity contribution is 9.10. The van der Waals surface area contributed by atoms with Gasteiger partial charge in [-0.3, -0.25) is 0 Å². The van der Waals surface area contributed by atoms with E-state index in [1.807, 2.05) is 6.07 Å². The summed E-state index contributed by atoms with van der Waals surface area (Å²) in [5, 5.41) is 12.8. The molecule has 0 radical (unpaired) electrons. The molecule has 18 heavy (non-hydrogen) atoms. The first-order chi connectivity index (χ1) is 8.58. The van der Waals surface area contributed by atoms with Crippen molar-refractivity contribution in [1.82, 2.24) is 5.32 Å². The van der Waals surface area contributed by atoms with Crippen LogP contribution in [0.15, 0.2) is 22.7 Å². The van der Waals surface area contributed by atoms with Gasteiger partial charge in [0.2, 0.25) is 0 Å². The number of rotatable bonds is 7. The van der Waals surface area contributed by atoms with Crippen molar-refractivity contribution in [2.75, 3.05) is 13.2 Å². The van der Waals surface area contributed by atoms with Crippen LogP contribution in [0.5, 0.6) is 0 Å². The molecule has 1 rings (SSSR count). The number of nitrogens with one attached hydrogen (secondary N) is 1. The van der Waals surface area contributed by atoms with Gasteiger partial charge in [-0.25, -0.2) is 4.39 Å². The molecule has 2 nitrogen and oxygen atoms in total. The Hall–Kier alpha value is -0.450. The summed E-state index contributed by atoms with van der Waals surface area (Å²) in [6.07, 6.45) is 1.86. The monoisotopic (exact) mass is 317 g/mol. The van der Waals surface area contributed by atoms with Crippen molar-refractivity contribution in [3.05, 3.63) is 34.1 Å². The molecule has 4 heteroatoms. The van der Waals surface area contributed by atoms with E-state index in [-0.39, 0.29) is 17.8 Å². The van der Waals surface area contributed by atoms with E-state index in [0.717, 1.165) is 24.9 Å². The van der Waals surface area contributed by atoms with Crippen molar-refractivity contribution in [1.29, 1.82) is 0 Å². The van der Waals surface area contributed by atoms with Crippen LogP contribution < -0.4 is 5.32 Å². The van der Waals surface area contributed by atoms with Crippen LogP contribution in [0.3, 0.4) is 0 Å². The zero-order valence-electron chi connectivity index (χ0n) is 11.0. The number of hydrogen-bond acceptors (Lipinski definition) is 2. The number of benzene rings is 1. The molecular weight excluding hydrogens is 297 g/mol. The molecule has 1 aromatic carbocycles. The SMILES string of the molecule is CCC(CC)(CO)CNCc1cccc(F)c1Br. The summed E-state index contributed by atoms with van der Waals surface area (Å²) in [6.45, 7) is 5.68. The lowest BCUT2D eigenvalue weighted by atomic mass is 9.83. The molecule has 0 amide bonds. The molecular formula is C14H21BrFNO. The van der Waals surface area contributed by atoms with Gasteiger partial charge < -0.3 is 10.4 Å². The first-order valence-electron chi connectivity index (χ1n) is 6.33. The normalized spacial score (nSPS) is 11.8. The maximum absolute atomic E-state index is 13.3. The molecule has 0 aromatic heterocycles. The average molecular weight is 318 g/mol. The number of aliphatic hydroxyl groups is 1. The van der Waals surface area contributed by atoms with E-state index in [4.69, 9.17) is 0 Å². The van der Waals surface area contributed by atoms with Gasteiger partial charge in [-0.2, -0.15) is 0 Å². The third-order valence-electron chi connectivity index (χ3n) is 3.68. The van der Waals surface area contributed by atoms with Crippen molar-refractivity contribution >= 4 is 15.9 Å². The van der Waals surface area contributed by atoms with Gasteiger partial charge in [-0.15, -0.1) is 0 Å². The van der Waals surface area contributed by atoms with Gasteiger partial charge in [0.05, 0.1) is 4.47 Å². The van der Waals surface area contributed by atoms with Crippen molar-refractivity contribution in [3.63, 3.8) is 0 Å². The summed E-state index contributed by atoms with van der Waals surface area (Å²) in [7, 11) is 0. The molecule has 0 aliphatic heterocycles.